The topological polar surface area (TPSA) is 76.1 Å². The van der Waals surface area contributed by atoms with Gasteiger partial charge in [0.2, 0.25) is 11.8 Å². The van der Waals surface area contributed by atoms with Crippen LogP contribution in [-0.4, -0.2) is 23.0 Å². The maximum atomic E-state index is 12.2. The van der Waals surface area contributed by atoms with E-state index in [0.29, 0.717) is 17.3 Å². The highest BCUT2D eigenvalue weighted by molar-refractivity contribution is 6.03. The third-order valence-corrected chi connectivity index (χ3v) is 3.22. The summed E-state index contributed by atoms with van der Waals surface area (Å²) in [4.78, 5) is 20.7. The average molecular weight is 320 g/mol. The number of nitrogens with one attached hydrogen (secondary N) is 2. The largest absolute Gasteiger partial charge is 0.481 e. The Kier molecular flexibility index (Phi) is 4.67. The molecule has 2 N–H and O–H groups in total. The van der Waals surface area contributed by atoms with Gasteiger partial charge in [0, 0.05) is 17.3 Å². The minimum atomic E-state index is -0.283. The molecule has 1 amide bonds. The second-order valence-electron chi connectivity index (χ2n) is 4.93. The van der Waals surface area contributed by atoms with Gasteiger partial charge < -0.3 is 10.1 Å². The number of rotatable bonds is 5. The molecule has 0 atom stereocenters. The zero-order valence-electron chi connectivity index (χ0n) is 13.1. The Balaban J connectivity index is 1.82. The lowest BCUT2D eigenvalue weighted by Crippen LogP contribution is -2.14. The van der Waals surface area contributed by atoms with E-state index < -0.39 is 0 Å². The van der Waals surface area contributed by atoms with Crippen LogP contribution in [0.4, 0.5) is 17.5 Å². The van der Waals surface area contributed by atoms with Gasteiger partial charge in [0.1, 0.15) is 5.82 Å². The van der Waals surface area contributed by atoms with Crippen molar-refractivity contribution in [2.24, 2.45) is 0 Å². The number of methoxy groups -OCH3 is 1. The highest BCUT2D eigenvalue weighted by atomic mass is 16.5. The second kappa shape index (κ2) is 7.23. The Morgan fingerprint density at radius 1 is 0.958 bits per heavy atom. The zero-order chi connectivity index (χ0) is 16.8. The summed E-state index contributed by atoms with van der Waals surface area (Å²) in [5.74, 6) is 0.763. The zero-order valence-corrected chi connectivity index (χ0v) is 13.1. The van der Waals surface area contributed by atoms with Crippen molar-refractivity contribution in [1.29, 1.82) is 0 Å². The molecule has 0 saturated heterocycles. The van der Waals surface area contributed by atoms with Crippen LogP contribution in [0.5, 0.6) is 5.88 Å². The highest BCUT2D eigenvalue weighted by Gasteiger charge is 2.10. The molecule has 24 heavy (non-hydrogen) atoms. The molecule has 0 aliphatic heterocycles. The lowest BCUT2D eigenvalue weighted by molar-refractivity contribution is 0.102. The molecule has 0 saturated carbocycles. The first-order chi connectivity index (χ1) is 11.7. The molecular weight excluding hydrogens is 304 g/mol. The number of carbonyl (C=O) groups is 1. The minimum absolute atomic E-state index is 0.168. The maximum absolute atomic E-state index is 12.2. The molecule has 0 radical (unpaired) electrons. The first-order valence-corrected chi connectivity index (χ1v) is 7.36. The Morgan fingerprint density at radius 2 is 1.62 bits per heavy atom. The number of amides is 1. The molecule has 3 rings (SSSR count). The van der Waals surface area contributed by atoms with Gasteiger partial charge in [-0.2, -0.15) is 9.97 Å². The summed E-state index contributed by atoms with van der Waals surface area (Å²) in [7, 11) is 1.51. The number of ether oxygens (including phenoxy) is 1. The van der Waals surface area contributed by atoms with Gasteiger partial charge in [-0.1, -0.05) is 36.4 Å². The van der Waals surface area contributed by atoms with Crippen LogP contribution < -0.4 is 15.4 Å². The number of carbonyl (C=O) groups excluding carboxylic acids is 1. The normalized spacial score (nSPS) is 10.0. The summed E-state index contributed by atoms with van der Waals surface area (Å²) in [6.07, 6.45) is 0. The Hall–Kier alpha value is -3.41. The van der Waals surface area contributed by atoms with Crippen molar-refractivity contribution in [3.63, 3.8) is 0 Å². The van der Waals surface area contributed by atoms with Crippen LogP contribution in [0.15, 0.2) is 66.7 Å². The first-order valence-electron chi connectivity index (χ1n) is 7.36. The van der Waals surface area contributed by atoms with E-state index in [1.54, 1.807) is 30.3 Å². The molecule has 0 aliphatic carbocycles. The molecule has 6 nitrogen and oxygen atoms in total. The van der Waals surface area contributed by atoms with Crippen LogP contribution in [0, 0.1) is 0 Å². The van der Waals surface area contributed by atoms with E-state index in [1.807, 2.05) is 36.4 Å². The number of aromatic nitrogens is 2. The molecule has 1 heterocycles. The van der Waals surface area contributed by atoms with Gasteiger partial charge in [0.25, 0.3) is 5.91 Å². The predicted molar refractivity (Wildman–Crippen MR) is 92.7 cm³/mol. The number of hydrogen-bond donors (Lipinski definition) is 2. The highest BCUT2D eigenvalue weighted by Crippen LogP contribution is 2.20. The fourth-order valence-electron chi connectivity index (χ4n) is 2.08. The molecule has 0 fully saturated rings. The average Bonchev–Trinajstić information content (AvgIpc) is 2.63. The lowest BCUT2D eigenvalue weighted by atomic mass is 10.2. The van der Waals surface area contributed by atoms with Crippen LogP contribution in [-0.2, 0) is 0 Å². The molecule has 0 aliphatic rings. The van der Waals surface area contributed by atoms with Gasteiger partial charge in [-0.15, -0.1) is 0 Å². The molecule has 0 bridgehead atoms. The fraction of sp³-hybridized carbons (Fsp3) is 0.0556. The van der Waals surface area contributed by atoms with Crippen LogP contribution in [0.1, 0.15) is 10.4 Å². The molecule has 120 valence electrons. The van der Waals surface area contributed by atoms with Gasteiger partial charge >= 0.3 is 0 Å². The van der Waals surface area contributed by atoms with E-state index in [-0.39, 0.29) is 11.9 Å². The summed E-state index contributed by atoms with van der Waals surface area (Å²) in [5.41, 5.74) is 1.40. The summed E-state index contributed by atoms with van der Waals surface area (Å²) in [6, 6.07) is 20.1. The minimum Gasteiger partial charge on any atom is -0.481 e. The monoisotopic (exact) mass is 320 g/mol. The van der Waals surface area contributed by atoms with Crippen molar-refractivity contribution in [1.82, 2.24) is 9.97 Å². The lowest BCUT2D eigenvalue weighted by Gasteiger charge is -2.10. The molecule has 0 unspecified atom stereocenters. The van der Waals surface area contributed by atoms with Gasteiger partial charge in [0.05, 0.1) is 7.11 Å². The summed E-state index contributed by atoms with van der Waals surface area (Å²) >= 11 is 0. The van der Waals surface area contributed by atoms with E-state index in [9.17, 15) is 4.79 Å². The molecule has 1 aromatic heterocycles. The van der Waals surface area contributed by atoms with Crippen LogP contribution in [0.2, 0.25) is 0 Å². The van der Waals surface area contributed by atoms with Crippen LogP contribution >= 0.6 is 0 Å². The van der Waals surface area contributed by atoms with Crippen molar-refractivity contribution in [3.8, 4) is 5.88 Å². The molecular formula is C18H16N4O2. The van der Waals surface area contributed by atoms with E-state index in [4.69, 9.17) is 4.74 Å². The van der Waals surface area contributed by atoms with E-state index >= 15 is 0 Å². The summed E-state index contributed by atoms with van der Waals surface area (Å²) < 4.78 is 5.18. The Bertz CT molecular complexity index is 823. The third-order valence-electron chi connectivity index (χ3n) is 3.22. The number of nitrogens with zero attached hydrogens (tertiary/aromatic N) is 2. The molecule has 2 aromatic carbocycles. The van der Waals surface area contributed by atoms with Gasteiger partial charge in [-0.3, -0.25) is 10.1 Å². The second-order valence-corrected chi connectivity index (χ2v) is 4.93. The van der Waals surface area contributed by atoms with E-state index in [2.05, 4.69) is 20.6 Å². The van der Waals surface area contributed by atoms with Crippen molar-refractivity contribution in [2.75, 3.05) is 17.7 Å². The third kappa shape index (κ3) is 3.86. The standard InChI is InChI=1S/C18H16N4O2/c1-24-16-12-15(19-14-10-6-3-7-11-14)20-18(21-16)22-17(23)13-8-4-2-5-9-13/h2-12H,1H3,(H2,19,20,21,22,23). The predicted octanol–water partition coefficient (Wildman–Crippen LogP) is 3.48. The van der Waals surface area contributed by atoms with Gasteiger partial charge in [-0.05, 0) is 24.3 Å². The SMILES string of the molecule is COc1cc(Nc2ccccc2)nc(NC(=O)c2ccccc2)n1. The Labute approximate surface area is 139 Å². The van der Waals surface area contributed by atoms with Crippen molar-refractivity contribution >= 4 is 23.4 Å². The van der Waals surface area contributed by atoms with Crippen molar-refractivity contribution < 1.29 is 9.53 Å². The van der Waals surface area contributed by atoms with Gasteiger partial charge in [0.15, 0.2) is 0 Å². The quantitative estimate of drug-likeness (QED) is 0.752. The summed E-state index contributed by atoms with van der Waals surface area (Å²) in [5, 5.41) is 5.83. The summed E-state index contributed by atoms with van der Waals surface area (Å²) in [6.45, 7) is 0. The molecule has 6 heteroatoms. The fourth-order valence-corrected chi connectivity index (χ4v) is 2.08. The van der Waals surface area contributed by atoms with Gasteiger partial charge in [-0.25, -0.2) is 0 Å². The smallest absolute Gasteiger partial charge is 0.258 e. The van der Waals surface area contributed by atoms with E-state index in [0.717, 1.165) is 5.69 Å². The van der Waals surface area contributed by atoms with Crippen LogP contribution in [0.3, 0.4) is 0 Å². The van der Waals surface area contributed by atoms with Crippen molar-refractivity contribution in [2.45, 2.75) is 0 Å². The number of para-hydroxylation sites is 1. The number of hydrogen-bond acceptors (Lipinski definition) is 5. The van der Waals surface area contributed by atoms with Crippen LogP contribution in [0.25, 0.3) is 0 Å². The number of benzene rings is 2. The molecule has 3 aromatic rings. The number of anilines is 3. The van der Waals surface area contributed by atoms with E-state index in [1.165, 1.54) is 7.11 Å². The molecule has 0 spiro atoms. The van der Waals surface area contributed by atoms with Crippen molar-refractivity contribution in [3.05, 3.63) is 72.3 Å². The first kappa shape index (κ1) is 15.5. The maximum Gasteiger partial charge on any atom is 0.258 e. The Morgan fingerprint density at radius 3 is 2.29 bits per heavy atom.